The van der Waals surface area contributed by atoms with E-state index >= 15 is 0 Å². The van der Waals surface area contributed by atoms with Crippen molar-refractivity contribution in [1.29, 1.82) is 0 Å². The fourth-order valence-electron chi connectivity index (χ4n) is 2.32. The number of hydrogen-bond acceptors (Lipinski definition) is 4. The van der Waals surface area contributed by atoms with E-state index in [2.05, 4.69) is 18.6 Å². The first-order chi connectivity index (χ1) is 10.8. The second kappa shape index (κ2) is 7.57. The highest BCUT2D eigenvalue weighted by molar-refractivity contribution is 7.89. The number of nitrogens with zero attached hydrogens (tertiary/aromatic N) is 1. The van der Waals surface area contributed by atoms with Crippen LogP contribution in [0.5, 0.6) is 0 Å². The fraction of sp³-hybridized carbons (Fsp3) is 0.412. The first kappa shape index (κ1) is 18.1. The Labute approximate surface area is 143 Å². The van der Waals surface area contributed by atoms with E-state index in [-0.39, 0.29) is 6.04 Å². The van der Waals surface area contributed by atoms with Crippen molar-refractivity contribution in [3.05, 3.63) is 52.2 Å². The summed E-state index contributed by atoms with van der Waals surface area (Å²) < 4.78 is 27.7. The van der Waals surface area contributed by atoms with Crippen LogP contribution in [0.4, 0.5) is 0 Å². The van der Waals surface area contributed by atoms with Gasteiger partial charge < -0.3 is 4.90 Å². The van der Waals surface area contributed by atoms with Crippen LogP contribution >= 0.6 is 11.3 Å². The zero-order chi connectivity index (χ0) is 17.0. The standard InChI is InChI=1S/C17H24N2O2S2/c1-13(2)14-7-9-15(10-8-14)23(20,21)18-12-16(19(3)4)17-6-5-11-22-17/h5-11,13,16,18H,12H2,1-4H3/t16-/m0/s1. The normalized spacial score (nSPS) is 13.7. The molecule has 0 aliphatic heterocycles. The molecule has 0 fully saturated rings. The maximum absolute atomic E-state index is 12.5. The van der Waals surface area contributed by atoms with Gasteiger partial charge in [0.1, 0.15) is 0 Å². The lowest BCUT2D eigenvalue weighted by atomic mass is 10.0. The molecule has 1 heterocycles. The van der Waals surface area contributed by atoms with Crippen LogP contribution in [0.15, 0.2) is 46.7 Å². The monoisotopic (exact) mass is 352 g/mol. The summed E-state index contributed by atoms with van der Waals surface area (Å²) in [5.41, 5.74) is 1.13. The van der Waals surface area contributed by atoms with Crippen LogP contribution in [0, 0.1) is 0 Å². The molecule has 0 saturated heterocycles. The summed E-state index contributed by atoms with van der Waals surface area (Å²) in [4.78, 5) is 3.48. The van der Waals surface area contributed by atoms with Gasteiger partial charge in [0.05, 0.1) is 10.9 Å². The maximum Gasteiger partial charge on any atom is 0.240 e. The molecule has 2 aromatic rings. The van der Waals surface area contributed by atoms with Crippen LogP contribution in [0.1, 0.15) is 36.2 Å². The average Bonchev–Trinajstić information content (AvgIpc) is 3.01. The summed E-state index contributed by atoms with van der Waals surface area (Å²) in [6.07, 6.45) is 0. The summed E-state index contributed by atoms with van der Waals surface area (Å²) in [6, 6.07) is 11.1. The van der Waals surface area contributed by atoms with Crippen molar-refractivity contribution in [3.63, 3.8) is 0 Å². The summed E-state index contributed by atoms with van der Waals surface area (Å²) in [5, 5.41) is 2.00. The van der Waals surface area contributed by atoms with E-state index in [9.17, 15) is 8.42 Å². The van der Waals surface area contributed by atoms with Crippen molar-refractivity contribution in [1.82, 2.24) is 9.62 Å². The molecule has 4 nitrogen and oxygen atoms in total. The van der Waals surface area contributed by atoms with Gasteiger partial charge in [-0.3, -0.25) is 0 Å². The third-order valence-corrected chi connectivity index (χ3v) is 6.23. The quantitative estimate of drug-likeness (QED) is 0.830. The van der Waals surface area contributed by atoms with Crippen molar-refractivity contribution >= 4 is 21.4 Å². The van der Waals surface area contributed by atoms with Gasteiger partial charge in [0.25, 0.3) is 0 Å². The van der Waals surface area contributed by atoms with Crippen LogP contribution in [-0.4, -0.2) is 34.0 Å². The number of nitrogens with one attached hydrogen (secondary N) is 1. The molecular formula is C17H24N2O2S2. The minimum absolute atomic E-state index is 0.0275. The number of sulfonamides is 1. The highest BCUT2D eigenvalue weighted by Gasteiger charge is 2.20. The Balaban J connectivity index is 2.11. The molecule has 1 N–H and O–H groups in total. The third-order valence-electron chi connectivity index (χ3n) is 3.82. The van der Waals surface area contributed by atoms with Crippen LogP contribution in [0.2, 0.25) is 0 Å². The molecule has 6 heteroatoms. The first-order valence-corrected chi connectivity index (χ1v) is 9.97. The number of rotatable bonds is 7. The summed E-state index contributed by atoms with van der Waals surface area (Å²) in [5.74, 6) is 0.386. The van der Waals surface area contributed by atoms with E-state index in [0.29, 0.717) is 17.4 Å². The smallest absolute Gasteiger partial charge is 0.240 e. The molecule has 0 aliphatic carbocycles. The van der Waals surface area contributed by atoms with E-state index in [1.54, 1.807) is 23.5 Å². The van der Waals surface area contributed by atoms with E-state index < -0.39 is 10.0 Å². The lowest BCUT2D eigenvalue weighted by Gasteiger charge is -2.23. The van der Waals surface area contributed by atoms with Gasteiger partial charge in [-0.1, -0.05) is 32.0 Å². The SMILES string of the molecule is CC(C)c1ccc(S(=O)(=O)NC[C@@H](c2cccs2)N(C)C)cc1. The van der Waals surface area contributed by atoms with Gasteiger partial charge in [0, 0.05) is 11.4 Å². The number of likely N-dealkylation sites (N-methyl/N-ethyl adjacent to an activating group) is 1. The minimum Gasteiger partial charge on any atom is -0.300 e. The Morgan fingerprint density at radius 1 is 1.13 bits per heavy atom. The Morgan fingerprint density at radius 2 is 1.78 bits per heavy atom. The highest BCUT2D eigenvalue weighted by atomic mass is 32.2. The minimum atomic E-state index is -3.49. The van der Waals surface area contributed by atoms with E-state index in [0.717, 1.165) is 10.4 Å². The molecule has 0 spiro atoms. The Bertz CT molecular complexity index is 706. The molecule has 23 heavy (non-hydrogen) atoms. The number of benzene rings is 1. The largest absolute Gasteiger partial charge is 0.300 e. The highest BCUT2D eigenvalue weighted by Crippen LogP contribution is 2.23. The second-order valence-electron chi connectivity index (χ2n) is 6.07. The zero-order valence-electron chi connectivity index (χ0n) is 14.0. The van der Waals surface area contributed by atoms with Gasteiger partial charge in [0.15, 0.2) is 0 Å². The second-order valence-corrected chi connectivity index (χ2v) is 8.82. The van der Waals surface area contributed by atoms with Gasteiger partial charge in [-0.25, -0.2) is 13.1 Å². The molecule has 0 saturated carbocycles. The van der Waals surface area contributed by atoms with E-state index in [1.165, 1.54) is 0 Å². The zero-order valence-corrected chi connectivity index (χ0v) is 15.6. The van der Waals surface area contributed by atoms with Crippen molar-refractivity contribution in [2.75, 3.05) is 20.6 Å². The Hall–Kier alpha value is -1.21. The average molecular weight is 353 g/mol. The molecule has 1 atom stereocenters. The van der Waals surface area contributed by atoms with Crippen LogP contribution < -0.4 is 4.72 Å². The van der Waals surface area contributed by atoms with Crippen molar-refractivity contribution in [3.8, 4) is 0 Å². The molecule has 0 unspecified atom stereocenters. The van der Waals surface area contributed by atoms with Gasteiger partial charge in [-0.05, 0) is 49.2 Å². The Morgan fingerprint density at radius 3 is 2.26 bits per heavy atom. The fourth-order valence-corrected chi connectivity index (χ4v) is 4.28. The molecule has 126 valence electrons. The van der Waals surface area contributed by atoms with Gasteiger partial charge in [-0.2, -0.15) is 0 Å². The van der Waals surface area contributed by atoms with Crippen molar-refractivity contribution in [2.45, 2.75) is 30.7 Å². The topological polar surface area (TPSA) is 49.4 Å². The third kappa shape index (κ3) is 4.64. The molecular weight excluding hydrogens is 328 g/mol. The summed E-state index contributed by atoms with van der Waals surface area (Å²) in [6.45, 7) is 4.52. The molecule has 0 aliphatic rings. The van der Waals surface area contributed by atoms with Crippen molar-refractivity contribution in [2.24, 2.45) is 0 Å². The van der Waals surface area contributed by atoms with E-state index in [1.807, 2.05) is 48.6 Å². The molecule has 1 aromatic heterocycles. The van der Waals surface area contributed by atoms with Crippen LogP contribution in [0.3, 0.4) is 0 Å². The van der Waals surface area contributed by atoms with Crippen molar-refractivity contribution < 1.29 is 8.42 Å². The maximum atomic E-state index is 12.5. The molecule has 2 rings (SSSR count). The van der Waals surface area contributed by atoms with Crippen LogP contribution in [0.25, 0.3) is 0 Å². The lowest BCUT2D eigenvalue weighted by molar-refractivity contribution is 0.303. The molecule has 0 amide bonds. The number of hydrogen-bond donors (Lipinski definition) is 1. The summed E-state index contributed by atoms with van der Waals surface area (Å²) >= 11 is 1.63. The Kier molecular flexibility index (Phi) is 5.97. The molecule has 0 bridgehead atoms. The molecule has 1 aromatic carbocycles. The first-order valence-electron chi connectivity index (χ1n) is 7.60. The van der Waals surface area contributed by atoms with Gasteiger partial charge in [-0.15, -0.1) is 11.3 Å². The molecule has 0 radical (unpaired) electrons. The summed E-state index contributed by atoms with van der Waals surface area (Å²) in [7, 11) is 0.415. The number of thiophene rings is 1. The van der Waals surface area contributed by atoms with Crippen LogP contribution in [-0.2, 0) is 10.0 Å². The van der Waals surface area contributed by atoms with Gasteiger partial charge in [0.2, 0.25) is 10.0 Å². The van der Waals surface area contributed by atoms with E-state index in [4.69, 9.17) is 0 Å². The predicted molar refractivity (Wildman–Crippen MR) is 96.5 cm³/mol. The predicted octanol–water partition coefficient (Wildman–Crippen LogP) is 3.45. The van der Waals surface area contributed by atoms with Gasteiger partial charge >= 0.3 is 0 Å². The lowest BCUT2D eigenvalue weighted by Crippen LogP contribution is -2.34.